The molecule has 0 bridgehead atoms. The van der Waals surface area contributed by atoms with E-state index in [4.69, 9.17) is 0 Å². The van der Waals surface area contributed by atoms with E-state index in [2.05, 4.69) is 20.6 Å². The molecule has 4 amide bonds. The van der Waals surface area contributed by atoms with Gasteiger partial charge in [0.05, 0.1) is 11.1 Å². The molecule has 2 aliphatic rings. The summed E-state index contributed by atoms with van der Waals surface area (Å²) in [5.41, 5.74) is -2.82. The number of halogens is 8. The van der Waals surface area contributed by atoms with Crippen LogP contribution in [0.25, 0.3) is 0 Å². The Hall–Kier alpha value is -5.28. The van der Waals surface area contributed by atoms with Gasteiger partial charge in [0, 0.05) is 62.8 Å². The molecule has 0 spiro atoms. The van der Waals surface area contributed by atoms with Gasteiger partial charge in [0.25, 0.3) is 0 Å². The number of alkyl halides is 8. The number of carbonyl (C=O) groups excluding carboxylic acids is 2. The molecule has 2 aliphatic heterocycles. The summed E-state index contributed by atoms with van der Waals surface area (Å²) >= 11 is 0. The number of piperidine rings is 2. The molecule has 3 heterocycles. The van der Waals surface area contributed by atoms with Crippen molar-refractivity contribution in [3.8, 4) is 0 Å². The molecule has 2 fully saturated rings. The van der Waals surface area contributed by atoms with E-state index in [1.807, 2.05) is 30.3 Å². The maximum atomic E-state index is 15.0. The maximum absolute atomic E-state index is 15.0. The van der Waals surface area contributed by atoms with Crippen molar-refractivity contribution >= 4 is 23.4 Å². The van der Waals surface area contributed by atoms with Gasteiger partial charge >= 0.3 is 24.4 Å². The standard InChI is InChI=1S/C22H24F4N2O.C17H16F4N4O/c23-21(12-4-7-17-5-2-1-3-6-17)13-15-28(16-14-21)20(29)27-19-10-8-18(9-11-19)22(24,25)26;18-16(14-22-8-1-9-23-14)6-10-25(11-7-16)15(26)24-13-4-2-12(3-5-13)17(19,20)21/h1-3,5-6,8-11H,4,7,12-16H2,(H,27,29);1-5,8-9H,6-7,10-11H2,(H,24,26). The lowest BCUT2D eigenvalue weighted by molar-refractivity contribution is -0.138. The average molecular weight is 777 g/mol. The molecule has 0 atom stereocenters. The zero-order chi connectivity index (χ0) is 39.7. The number of aromatic nitrogens is 2. The first kappa shape index (κ1) is 40.9. The zero-order valence-electron chi connectivity index (χ0n) is 29.6. The number of nitrogens with one attached hydrogen (secondary N) is 2. The second-order valence-electron chi connectivity index (χ2n) is 13.5. The average Bonchev–Trinajstić information content (AvgIpc) is 3.16. The molecule has 4 aromatic rings. The molecule has 16 heteroatoms. The van der Waals surface area contributed by atoms with Gasteiger partial charge in [-0.15, -0.1) is 0 Å². The minimum absolute atomic E-state index is 0.0530. The largest absolute Gasteiger partial charge is 0.416 e. The fraction of sp³-hybridized carbons (Fsp3) is 0.385. The van der Waals surface area contributed by atoms with E-state index in [0.717, 1.165) is 37.1 Å². The maximum Gasteiger partial charge on any atom is 0.416 e. The summed E-state index contributed by atoms with van der Waals surface area (Å²) in [5.74, 6) is 0.0998. The van der Waals surface area contributed by atoms with Crippen LogP contribution in [0.5, 0.6) is 0 Å². The Labute approximate surface area is 313 Å². The molecular formula is C39H40F8N6O2. The van der Waals surface area contributed by atoms with Crippen molar-refractivity contribution in [2.45, 2.75) is 68.6 Å². The van der Waals surface area contributed by atoms with Crippen molar-refractivity contribution in [1.82, 2.24) is 19.8 Å². The number of rotatable bonds is 7. The third-order valence-electron chi connectivity index (χ3n) is 9.62. The van der Waals surface area contributed by atoms with Crippen LogP contribution in [0.4, 0.5) is 56.1 Å². The van der Waals surface area contributed by atoms with Gasteiger partial charge in [-0.3, -0.25) is 0 Å². The summed E-state index contributed by atoms with van der Waals surface area (Å²) in [6.07, 6.45) is -3.25. The first-order valence-corrected chi connectivity index (χ1v) is 17.7. The lowest BCUT2D eigenvalue weighted by Gasteiger charge is -2.36. The van der Waals surface area contributed by atoms with Crippen LogP contribution in [0, 0.1) is 0 Å². The lowest BCUT2D eigenvalue weighted by Crippen LogP contribution is -2.46. The highest BCUT2D eigenvalue weighted by Gasteiger charge is 2.40. The monoisotopic (exact) mass is 776 g/mol. The van der Waals surface area contributed by atoms with Gasteiger partial charge in [-0.2, -0.15) is 26.3 Å². The molecule has 0 radical (unpaired) electrons. The summed E-state index contributed by atoms with van der Waals surface area (Å²) in [5, 5.41) is 5.10. The van der Waals surface area contributed by atoms with Crippen molar-refractivity contribution in [3.63, 3.8) is 0 Å². The van der Waals surface area contributed by atoms with Crippen LogP contribution in [0.1, 0.15) is 61.0 Å². The van der Waals surface area contributed by atoms with Crippen LogP contribution in [-0.2, 0) is 24.4 Å². The van der Waals surface area contributed by atoms with Gasteiger partial charge in [-0.1, -0.05) is 30.3 Å². The fourth-order valence-electron chi connectivity index (χ4n) is 6.32. The van der Waals surface area contributed by atoms with Crippen LogP contribution in [0.15, 0.2) is 97.3 Å². The number of nitrogens with zero attached hydrogens (tertiary/aromatic N) is 4. The van der Waals surface area contributed by atoms with Gasteiger partial charge in [0.15, 0.2) is 11.5 Å². The lowest BCUT2D eigenvalue weighted by atomic mass is 9.87. The summed E-state index contributed by atoms with van der Waals surface area (Å²) < 4.78 is 105. The van der Waals surface area contributed by atoms with Crippen LogP contribution >= 0.6 is 0 Å². The number of likely N-dealkylation sites (tertiary alicyclic amines) is 2. The van der Waals surface area contributed by atoms with Crippen molar-refractivity contribution in [1.29, 1.82) is 0 Å². The second-order valence-corrected chi connectivity index (χ2v) is 13.5. The quantitative estimate of drug-likeness (QED) is 0.183. The molecule has 2 N–H and O–H groups in total. The van der Waals surface area contributed by atoms with Gasteiger partial charge in [0.1, 0.15) is 5.67 Å². The smallest absolute Gasteiger partial charge is 0.324 e. The van der Waals surface area contributed by atoms with Crippen LogP contribution in [0.3, 0.4) is 0 Å². The summed E-state index contributed by atoms with van der Waals surface area (Å²) in [6.45, 7) is 0.880. The Morgan fingerprint density at radius 1 is 0.618 bits per heavy atom. The number of anilines is 2. The second kappa shape index (κ2) is 17.5. The predicted molar refractivity (Wildman–Crippen MR) is 191 cm³/mol. The van der Waals surface area contributed by atoms with E-state index in [1.54, 1.807) is 6.07 Å². The highest BCUT2D eigenvalue weighted by molar-refractivity contribution is 5.90. The fourth-order valence-corrected chi connectivity index (χ4v) is 6.32. The molecule has 55 heavy (non-hydrogen) atoms. The minimum atomic E-state index is -4.43. The number of amides is 4. The number of benzene rings is 3. The molecule has 8 nitrogen and oxygen atoms in total. The highest BCUT2D eigenvalue weighted by Crippen LogP contribution is 2.36. The van der Waals surface area contributed by atoms with Crippen molar-refractivity contribution in [2.75, 3.05) is 36.8 Å². The first-order valence-electron chi connectivity index (χ1n) is 17.7. The Morgan fingerprint density at radius 2 is 1.05 bits per heavy atom. The molecule has 2 saturated heterocycles. The van der Waals surface area contributed by atoms with Gasteiger partial charge in [-0.05, 0) is 92.3 Å². The van der Waals surface area contributed by atoms with E-state index in [-0.39, 0.29) is 69.1 Å². The van der Waals surface area contributed by atoms with Crippen molar-refractivity contribution in [3.05, 3.63) is 120 Å². The molecule has 1 aromatic heterocycles. The first-order chi connectivity index (χ1) is 26.0. The highest BCUT2D eigenvalue weighted by atomic mass is 19.4. The number of hydrogen-bond acceptors (Lipinski definition) is 4. The van der Waals surface area contributed by atoms with E-state index in [1.165, 1.54) is 52.0 Å². The summed E-state index contributed by atoms with van der Waals surface area (Å²) in [7, 11) is 0. The van der Waals surface area contributed by atoms with Gasteiger partial charge < -0.3 is 20.4 Å². The third kappa shape index (κ3) is 11.6. The molecule has 0 unspecified atom stereocenters. The number of urea groups is 2. The normalized spacial score (nSPS) is 16.7. The zero-order valence-corrected chi connectivity index (χ0v) is 29.6. The third-order valence-corrected chi connectivity index (χ3v) is 9.62. The molecule has 0 aliphatic carbocycles. The van der Waals surface area contributed by atoms with Gasteiger partial charge in [0.2, 0.25) is 0 Å². The Morgan fingerprint density at radius 3 is 1.49 bits per heavy atom. The van der Waals surface area contributed by atoms with E-state index >= 15 is 4.39 Å². The summed E-state index contributed by atoms with van der Waals surface area (Å²) in [4.78, 5) is 35.4. The van der Waals surface area contributed by atoms with E-state index in [0.29, 0.717) is 6.42 Å². The molecule has 3 aromatic carbocycles. The number of hydrogen-bond donors (Lipinski definition) is 2. The van der Waals surface area contributed by atoms with Crippen molar-refractivity contribution < 1.29 is 44.7 Å². The predicted octanol–water partition coefficient (Wildman–Crippen LogP) is 10.1. The Balaban J connectivity index is 0.000000212. The minimum Gasteiger partial charge on any atom is -0.324 e. The Bertz CT molecular complexity index is 1830. The van der Waals surface area contributed by atoms with Gasteiger partial charge in [-0.25, -0.2) is 28.3 Å². The number of aryl methyl sites for hydroxylation is 1. The van der Waals surface area contributed by atoms with Crippen molar-refractivity contribution in [2.24, 2.45) is 0 Å². The summed E-state index contributed by atoms with van der Waals surface area (Å²) in [6, 6.07) is 19.1. The van der Waals surface area contributed by atoms with Crippen LogP contribution < -0.4 is 10.6 Å². The SMILES string of the molecule is O=C(Nc1ccc(C(F)(F)F)cc1)N1CCC(F)(CCCc2ccccc2)CC1.O=C(Nc1ccc(C(F)(F)F)cc1)N1CCC(F)(c2ncccn2)CC1. The van der Waals surface area contributed by atoms with Crippen LogP contribution in [0.2, 0.25) is 0 Å². The molecule has 6 rings (SSSR count). The molecule has 0 saturated carbocycles. The topological polar surface area (TPSA) is 90.5 Å². The molecule has 294 valence electrons. The molecular weight excluding hydrogens is 736 g/mol. The van der Waals surface area contributed by atoms with E-state index < -0.39 is 46.9 Å². The number of carbonyl (C=O) groups is 2. The Kier molecular flexibility index (Phi) is 13.0. The van der Waals surface area contributed by atoms with E-state index in [9.17, 15) is 40.3 Å². The van der Waals surface area contributed by atoms with Crippen LogP contribution in [-0.4, -0.2) is 63.7 Å².